The van der Waals surface area contributed by atoms with Crippen molar-refractivity contribution in [1.29, 1.82) is 0 Å². The Kier molecular flexibility index (Phi) is 11.6. The number of nitrogens with zero attached hydrogens (tertiary/aromatic N) is 3. The van der Waals surface area contributed by atoms with Gasteiger partial charge in [0.1, 0.15) is 11.4 Å². The number of hydrogen-bond donors (Lipinski definition) is 3. The second kappa shape index (κ2) is 15.1. The van der Waals surface area contributed by atoms with Gasteiger partial charge in [0.05, 0.1) is 30.5 Å². The van der Waals surface area contributed by atoms with Gasteiger partial charge in [0, 0.05) is 18.8 Å². The van der Waals surface area contributed by atoms with Gasteiger partial charge in [0.2, 0.25) is 0 Å². The zero-order valence-corrected chi connectivity index (χ0v) is 25.5. The first kappa shape index (κ1) is 33.0. The summed E-state index contributed by atoms with van der Waals surface area (Å²) in [6, 6.07) is 20.1. The van der Waals surface area contributed by atoms with Crippen molar-refractivity contribution >= 4 is 29.6 Å². The van der Waals surface area contributed by atoms with E-state index in [0.29, 0.717) is 6.42 Å². The third-order valence-corrected chi connectivity index (χ3v) is 6.35. The fraction of sp³-hybridized carbons (Fsp3) is 0.375. The molecule has 0 aliphatic heterocycles. The Labute approximate surface area is 252 Å². The summed E-state index contributed by atoms with van der Waals surface area (Å²) in [5.74, 6) is -0.243. The number of rotatable bonds is 11. The number of hydrogen-bond acceptors (Lipinski definition) is 8. The summed E-state index contributed by atoms with van der Waals surface area (Å²) in [4.78, 5) is 44.7. The molecule has 2 aromatic carbocycles. The number of amides is 3. The molecular weight excluding hydrogens is 550 g/mol. The number of aliphatic hydroxyl groups excluding tert-OH is 1. The fourth-order valence-corrected chi connectivity index (χ4v) is 4.28. The summed E-state index contributed by atoms with van der Waals surface area (Å²) >= 11 is 0. The molecule has 0 spiro atoms. The van der Waals surface area contributed by atoms with Gasteiger partial charge in [-0.05, 0) is 70.9 Å². The number of aromatic nitrogens is 1. The van der Waals surface area contributed by atoms with Gasteiger partial charge in [-0.15, -0.1) is 0 Å². The van der Waals surface area contributed by atoms with Crippen LogP contribution in [0.2, 0.25) is 0 Å². The van der Waals surface area contributed by atoms with Gasteiger partial charge in [-0.1, -0.05) is 48.5 Å². The van der Waals surface area contributed by atoms with Gasteiger partial charge in [-0.2, -0.15) is 0 Å². The van der Waals surface area contributed by atoms with Crippen molar-refractivity contribution < 1.29 is 29.0 Å². The van der Waals surface area contributed by atoms with Crippen LogP contribution in [0.15, 0.2) is 79.0 Å². The number of aliphatic hydroxyl groups is 1. The van der Waals surface area contributed by atoms with E-state index in [0.717, 1.165) is 5.56 Å². The maximum absolute atomic E-state index is 13.8. The number of para-hydroxylation sites is 1. The molecule has 1 heterocycles. The molecule has 2 atom stereocenters. The normalized spacial score (nSPS) is 12.8. The molecule has 0 saturated carbocycles. The van der Waals surface area contributed by atoms with E-state index in [1.54, 1.807) is 68.2 Å². The first-order valence-corrected chi connectivity index (χ1v) is 14.1. The minimum absolute atomic E-state index is 0.00143. The van der Waals surface area contributed by atoms with Crippen LogP contribution in [0, 0.1) is 0 Å². The highest BCUT2D eigenvalue weighted by molar-refractivity contribution is 6.06. The molecule has 0 aliphatic carbocycles. The van der Waals surface area contributed by atoms with Crippen LogP contribution in [0.4, 0.5) is 21.1 Å². The predicted octanol–water partition coefficient (Wildman–Crippen LogP) is 4.84. The van der Waals surface area contributed by atoms with Gasteiger partial charge in [0.15, 0.2) is 0 Å². The second-order valence-corrected chi connectivity index (χ2v) is 11.2. The van der Waals surface area contributed by atoms with Crippen LogP contribution in [0.1, 0.15) is 50.5 Å². The maximum atomic E-state index is 13.8. The fourth-order valence-electron chi connectivity index (χ4n) is 4.28. The molecule has 11 heteroatoms. The first-order valence-electron chi connectivity index (χ1n) is 14.1. The predicted molar refractivity (Wildman–Crippen MR) is 164 cm³/mol. The third kappa shape index (κ3) is 9.79. The van der Waals surface area contributed by atoms with Gasteiger partial charge >= 0.3 is 12.2 Å². The molecule has 1 aromatic heterocycles. The highest BCUT2D eigenvalue weighted by atomic mass is 16.6. The molecule has 0 bridgehead atoms. The van der Waals surface area contributed by atoms with Crippen LogP contribution < -0.4 is 15.6 Å². The van der Waals surface area contributed by atoms with Crippen molar-refractivity contribution in [2.45, 2.75) is 64.8 Å². The third-order valence-electron chi connectivity index (χ3n) is 6.35. The first-order chi connectivity index (χ1) is 20.4. The van der Waals surface area contributed by atoms with E-state index in [4.69, 9.17) is 9.47 Å². The quantitative estimate of drug-likeness (QED) is 0.270. The Hall–Kier alpha value is -4.48. The van der Waals surface area contributed by atoms with Crippen LogP contribution in [-0.4, -0.2) is 70.6 Å². The minimum Gasteiger partial charge on any atom is -0.452 e. The monoisotopic (exact) mass is 591 g/mol. The lowest BCUT2D eigenvalue weighted by molar-refractivity contribution is 0.00741. The summed E-state index contributed by atoms with van der Waals surface area (Å²) in [6.07, 6.45) is -0.647. The van der Waals surface area contributed by atoms with Crippen LogP contribution in [0.25, 0.3) is 0 Å². The molecule has 3 aromatic rings. The van der Waals surface area contributed by atoms with E-state index in [1.807, 2.05) is 44.2 Å². The van der Waals surface area contributed by atoms with Crippen LogP contribution in [0.5, 0.6) is 0 Å². The topological polar surface area (TPSA) is 133 Å². The number of methoxy groups -OCH3 is 1. The van der Waals surface area contributed by atoms with Crippen LogP contribution in [0.3, 0.4) is 0 Å². The minimum atomic E-state index is -1.11. The Morgan fingerprint density at radius 3 is 2.21 bits per heavy atom. The molecule has 11 nitrogen and oxygen atoms in total. The molecule has 0 saturated heterocycles. The van der Waals surface area contributed by atoms with E-state index >= 15 is 0 Å². The number of carbonyl (C=O) groups excluding carboxylic acids is 3. The maximum Gasteiger partial charge on any atom is 0.422 e. The number of pyridine rings is 1. The Bertz CT molecular complexity index is 1350. The number of nitrogens with one attached hydrogen (secondary N) is 2. The summed E-state index contributed by atoms with van der Waals surface area (Å²) < 4.78 is 10.4. The van der Waals surface area contributed by atoms with Crippen molar-refractivity contribution in [2.75, 3.05) is 18.6 Å². The lowest BCUT2D eigenvalue weighted by Gasteiger charge is -2.33. The number of carbonyl (C=O) groups is 3. The van der Waals surface area contributed by atoms with Gasteiger partial charge < -0.3 is 19.9 Å². The van der Waals surface area contributed by atoms with Crippen molar-refractivity contribution in [3.05, 3.63) is 90.1 Å². The van der Waals surface area contributed by atoms with Gasteiger partial charge in [0.25, 0.3) is 5.91 Å². The average Bonchev–Trinajstić information content (AvgIpc) is 2.96. The lowest BCUT2D eigenvalue weighted by atomic mass is 10.00. The van der Waals surface area contributed by atoms with Crippen molar-refractivity contribution in [2.24, 2.45) is 0 Å². The van der Waals surface area contributed by atoms with Crippen molar-refractivity contribution in [1.82, 2.24) is 20.7 Å². The standard InChI is InChI=1S/C32H41N5O6/c1-22(2)36(35-30(40)43-32(3,4)5)21-27(38)25(20-23-14-8-7-9-15-23)34-29(39)24-16-10-11-17-26(24)37(31(41)42-6)28-18-12-13-19-33-28/h7-19,22,25,27,38H,20-21H2,1-6H3,(H,34,39)(H,35,40)/t25-,27?/m0/s1. The highest BCUT2D eigenvalue weighted by Gasteiger charge is 2.30. The summed E-state index contributed by atoms with van der Waals surface area (Å²) in [7, 11) is 1.25. The molecule has 0 fully saturated rings. The smallest absolute Gasteiger partial charge is 0.422 e. The van der Waals surface area contributed by atoms with E-state index in [9.17, 15) is 19.5 Å². The van der Waals surface area contributed by atoms with Crippen LogP contribution in [-0.2, 0) is 15.9 Å². The van der Waals surface area contributed by atoms with Crippen molar-refractivity contribution in [3.63, 3.8) is 0 Å². The second-order valence-electron chi connectivity index (χ2n) is 11.2. The Morgan fingerprint density at radius 2 is 1.60 bits per heavy atom. The Morgan fingerprint density at radius 1 is 0.953 bits per heavy atom. The number of anilines is 2. The largest absolute Gasteiger partial charge is 0.452 e. The van der Waals surface area contributed by atoms with E-state index in [1.165, 1.54) is 18.2 Å². The molecular formula is C32H41N5O6. The number of hydrazine groups is 1. The molecule has 0 radical (unpaired) electrons. The highest BCUT2D eigenvalue weighted by Crippen LogP contribution is 2.28. The molecule has 230 valence electrons. The molecule has 0 aliphatic rings. The molecule has 1 unspecified atom stereocenters. The lowest BCUT2D eigenvalue weighted by Crippen LogP contribution is -2.55. The zero-order chi connectivity index (χ0) is 31.6. The molecule has 43 heavy (non-hydrogen) atoms. The summed E-state index contributed by atoms with van der Waals surface area (Å²) in [5.41, 5.74) is 3.33. The summed E-state index contributed by atoms with van der Waals surface area (Å²) in [5, 5.41) is 16.0. The molecule has 3 N–H and O–H groups in total. The van der Waals surface area contributed by atoms with Crippen molar-refractivity contribution in [3.8, 4) is 0 Å². The number of benzene rings is 2. The number of ether oxygens (including phenoxy) is 2. The van der Waals surface area contributed by atoms with E-state index in [-0.39, 0.29) is 29.7 Å². The van der Waals surface area contributed by atoms with E-state index in [2.05, 4.69) is 15.7 Å². The average molecular weight is 592 g/mol. The molecule has 3 rings (SSSR count). The Balaban J connectivity index is 1.91. The summed E-state index contributed by atoms with van der Waals surface area (Å²) in [6.45, 7) is 9.02. The molecule has 3 amide bonds. The van der Waals surface area contributed by atoms with Gasteiger partial charge in [-0.3, -0.25) is 10.2 Å². The van der Waals surface area contributed by atoms with Gasteiger partial charge in [-0.25, -0.2) is 24.5 Å². The van der Waals surface area contributed by atoms with E-state index < -0.39 is 35.8 Å². The zero-order valence-electron chi connectivity index (χ0n) is 25.5. The van der Waals surface area contributed by atoms with Crippen LogP contribution >= 0.6 is 0 Å². The SMILES string of the molecule is COC(=O)N(c1ccccn1)c1ccccc1C(=O)N[C@@H](Cc1ccccc1)C(O)CN(NC(=O)OC(C)(C)C)C(C)C.